The molecule has 3 N–H and O–H groups in total. The number of carbonyl (C=O) groups excluding carboxylic acids is 1. The molecule has 2 fully saturated rings. The average molecular weight is 440 g/mol. The topological polar surface area (TPSA) is 74.0 Å². The fraction of sp³-hybridized carbons (Fsp3) is 0.619. The molecule has 0 radical (unpaired) electrons. The van der Waals surface area contributed by atoms with E-state index in [1.54, 1.807) is 6.07 Å². The van der Waals surface area contributed by atoms with Crippen LogP contribution in [-0.2, 0) is 4.79 Å². The number of guanidine groups is 1. The molecule has 160 valence electrons. The lowest BCUT2D eigenvalue weighted by atomic mass is 10.1. The van der Waals surface area contributed by atoms with Gasteiger partial charge in [0.2, 0.25) is 5.91 Å². The van der Waals surface area contributed by atoms with Gasteiger partial charge in [-0.2, -0.15) is 0 Å². The summed E-state index contributed by atoms with van der Waals surface area (Å²) >= 11 is 12.2. The number of piperazine rings is 1. The van der Waals surface area contributed by atoms with Crippen molar-refractivity contribution in [3.8, 4) is 0 Å². The highest BCUT2D eigenvalue weighted by atomic mass is 35.5. The molecule has 1 heterocycles. The number of nitrogens with one attached hydrogen (secondary N) is 1. The first kappa shape index (κ1) is 22.2. The molecular weight excluding hydrogens is 409 g/mol. The van der Waals surface area contributed by atoms with Gasteiger partial charge in [0.25, 0.3) is 0 Å². The van der Waals surface area contributed by atoms with E-state index in [4.69, 9.17) is 28.9 Å². The van der Waals surface area contributed by atoms with Gasteiger partial charge in [-0.15, -0.1) is 0 Å². The van der Waals surface area contributed by atoms with E-state index in [2.05, 4.69) is 15.2 Å². The van der Waals surface area contributed by atoms with Crippen molar-refractivity contribution in [2.75, 3.05) is 39.3 Å². The maximum absolute atomic E-state index is 12.5. The van der Waals surface area contributed by atoms with Crippen molar-refractivity contribution >= 4 is 35.1 Å². The van der Waals surface area contributed by atoms with Gasteiger partial charge >= 0.3 is 0 Å². The molecule has 1 aromatic carbocycles. The van der Waals surface area contributed by atoms with Gasteiger partial charge in [0.15, 0.2) is 5.96 Å². The molecule has 3 rings (SSSR count). The summed E-state index contributed by atoms with van der Waals surface area (Å²) in [4.78, 5) is 21.3. The lowest BCUT2D eigenvalue weighted by molar-refractivity contribution is -0.137. The molecule has 1 unspecified atom stereocenters. The highest BCUT2D eigenvalue weighted by Gasteiger charge is 2.29. The third-order valence-electron chi connectivity index (χ3n) is 5.88. The van der Waals surface area contributed by atoms with Crippen molar-refractivity contribution in [3.63, 3.8) is 0 Å². The van der Waals surface area contributed by atoms with Crippen LogP contribution in [-0.4, -0.2) is 60.9 Å². The molecule has 0 spiro atoms. The number of rotatable bonds is 6. The van der Waals surface area contributed by atoms with Gasteiger partial charge in [-0.3, -0.25) is 14.7 Å². The Morgan fingerprint density at radius 2 is 1.93 bits per heavy atom. The number of halogens is 2. The molecule has 1 aliphatic carbocycles. The molecule has 29 heavy (non-hydrogen) atoms. The molecule has 6 nitrogen and oxygen atoms in total. The van der Waals surface area contributed by atoms with E-state index in [-0.39, 0.29) is 12.0 Å². The Hall–Kier alpha value is -1.50. The Labute approximate surface area is 183 Å². The predicted octanol–water partition coefficient (Wildman–Crippen LogP) is 3.29. The van der Waals surface area contributed by atoms with Crippen LogP contribution < -0.4 is 11.1 Å². The Balaban J connectivity index is 1.39. The van der Waals surface area contributed by atoms with Gasteiger partial charge in [0, 0.05) is 48.7 Å². The average Bonchev–Trinajstić information content (AvgIpc) is 3.22. The third-order valence-corrected chi connectivity index (χ3v) is 6.44. The monoisotopic (exact) mass is 439 g/mol. The van der Waals surface area contributed by atoms with Crippen molar-refractivity contribution in [2.24, 2.45) is 16.6 Å². The lowest BCUT2D eigenvalue weighted by Crippen LogP contribution is -2.50. The zero-order valence-electron chi connectivity index (χ0n) is 17.0. The number of benzene rings is 1. The highest BCUT2D eigenvalue weighted by Crippen LogP contribution is 2.27. The minimum absolute atomic E-state index is 0.0614. The van der Waals surface area contributed by atoms with E-state index in [0.29, 0.717) is 28.5 Å². The zero-order chi connectivity index (χ0) is 20.8. The van der Waals surface area contributed by atoms with Gasteiger partial charge in [-0.25, -0.2) is 0 Å². The van der Waals surface area contributed by atoms with E-state index in [1.807, 2.05) is 24.0 Å². The van der Waals surface area contributed by atoms with Crippen molar-refractivity contribution in [2.45, 2.75) is 38.6 Å². The van der Waals surface area contributed by atoms with Gasteiger partial charge in [-0.05, 0) is 37.5 Å². The summed E-state index contributed by atoms with van der Waals surface area (Å²) in [6.45, 7) is 6.88. The largest absolute Gasteiger partial charge is 0.370 e. The van der Waals surface area contributed by atoms with E-state index >= 15 is 0 Å². The second kappa shape index (κ2) is 10.5. The fourth-order valence-electron chi connectivity index (χ4n) is 4.13. The van der Waals surface area contributed by atoms with E-state index in [0.717, 1.165) is 51.1 Å². The summed E-state index contributed by atoms with van der Waals surface area (Å²) in [5.41, 5.74) is 6.97. The maximum atomic E-state index is 12.5. The Morgan fingerprint density at radius 3 is 2.59 bits per heavy atom. The minimum Gasteiger partial charge on any atom is -0.370 e. The van der Waals surface area contributed by atoms with E-state index < -0.39 is 0 Å². The van der Waals surface area contributed by atoms with Crippen LogP contribution in [0.15, 0.2) is 23.2 Å². The molecule has 1 aromatic rings. The quantitative estimate of drug-likeness (QED) is 0.526. The van der Waals surface area contributed by atoms with Crippen LogP contribution in [0.3, 0.4) is 0 Å². The maximum Gasteiger partial charge on any atom is 0.225 e. The Morgan fingerprint density at radius 1 is 1.24 bits per heavy atom. The summed E-state index contributed by atoms with van der Waals surface area (Å²) < 4.78 is 0. The van der Waals surface area contributed by atoms with Crippen LogP contribution in [0.25, 0.3) is 0 Å². The third kappa shape index (κ3) is 6.24. The number of amides is 1. The Kier molecular flexibility index (Phi) is 8.04. The second-order valence-corrected chi connectivity index (χ2v) is 8.79. The standard InChI is InChI=1S/C21H31Cl2N5O/c1-15(18-7-6-17(22)14-19(18)23)26-21(24)25-8-9-27-10-12-28(13-11-27)20(29)16-4-2-3-5-16/h6-7,14-16H,2-5,8-13H2,1H3,(H3,24,25,26). The molecular formula is C21H31Cl2N5O. The molecule has 1 atom stereocenters. The number of nitrogens with zero attached hydrogens (tertiary/aromatic N) is 3. The van der Waals surface area contributed by atoms with Gasteiger partial charge in [-0.1, -0.05) is 42.1 Å². The van der Waals surface area contributed by atoms with Crippen LogP contribution in [0.5, 0.6) is 0 Å². The van der Waals surface area contributed by atoms with Crippen molar-refractivity contribution in [1.82, 2.24) is 15.1 Å². The number of carbonyl (C=O) groups is 1. The van der Waals surface area contributed by atoms with Crippen molar-refractivity contribution in [1.29, 1.82) is 0 Å². The fourth-order valence-corrected chi connectivity index (χ4v) is 4.70. The molecule has 0 bridgehead atoms. The van der Waals surface area contributed by atoms with Crippen LogP contribution >= 0.6 is 23.2 Å². The van der Waals surface area contributed by atoms with Crippen LogP contribution in [0, 0.1) is 5.92 Å². The molecule has 1 saturated carbocycles. The predicted molar refractivity (Wildman–Crippen MR) is 119 cm³/mol. The first-order valence-corrected chi connectivity index (χ1v) is 11.2. The van der Waals surface area contributed by atoms with Gasteiger partial charge in [0.05, 0.1) is 12.6 Å². The van der Waals surface area contributed by atoms with E-state index in [1.165, 1.54) is 12.8 Å². The van der Waals surface area contributed by atoms with E-state index in [9.17, 15) is 4.79 Å². The molecule has 1 saturated heterocycles. The van der Waals surface area contributed by atoms with Crippen LogP contribution in [0.1, 0.15) is 44.2 Å². The molecule has 1 aliphatic heterocycles. The normalized spacial score (nSPS) is 20.1. The summed E-state index contributed by atoms with van der Waals surface area (Å²) in [5.74, 6) is 1.04. The molecule has 8 heteroatoms. The van der Waals surface area contributed by atoms with Crippen molar-refractivity contribution in [3.05, 3.63) is 33.8 Å². The Bertz CT molecular complexity index is 728. The van der Waals surface area contributed by atoms with Gasteiger partial charge in [0.1, 0.15) is 0 Å². The van der Waals surface area contributed by atoms with Crippen LogP contribution in [0.2, 0.25) is 10.0 Å². The molecule has 0 aromatic heterocycles. The first-order valence-electron chi connectivity index (χ1n) is 10.5. The van der Waals surface area contributed by atoms with Gasteiger partial charge < -0.3 is 16.0 Å². The zero-order valence-corrected chi connectivity index (χ0v) is 18.6. The molecule has 2 aliphatic rings. The smallest absolute Gasteiger partial charge is 0.225 e. The molecule has 1 amide bonds. The lowest BCUT2D eigenvalue weighted by Gasteiger charge is -2.35. The number of hydrogen-bond acceptors (Lipinski definition) is 3. The van der Waals surface area contributed by atoms with Crippen molar-refractivity contribution < 1.29 is 4.79 Å². The number of nitrogens with two attached hydrogens (primary N) is 1. The highest BCUT2D eigenvalue weighted by molar-refractivity contribution is 6.35. The number of hydrogen-bond donors (Lipinski definition) is 2. The first-order chi connectivity index (χ1) is 13.9. The summed E-state index contributed by atoms with van der Waals surface area (Å²) in [6.07, 6.45) is 4.54. The summed E-state index contributed by atoms with van der Waals surface area (Å²) in [6, 6.07) is 5.36. The number of aliphatic imine (C=N–C) groups is 1. The minimum atomic E-state index is -0.0614. The summed E-state index contributed by atoms with van der Waals surface area (Å²) in [5, 5.41) is 4.39. The second-order valence-electron chi connectivity index (χ2n) is 7.95. The SMILES string of the molecule is CC(NC(N)=NCCN1CCN(C(=O)C2CCCC2)CC1)c1ccc(Cl)cc1Cl. The summed E-state index contributed by atoms with van der Waals surface area (Å²) in [7, 11) is 0. The van der Waals surface area contributed by atoms with Crippen LogP contribution in [0.4, 0.5) is 0 Å².